The van der Waals surface area contributed by atoms with Crippen LogP contribution in [0.5, 0.6) is 0 Å². The zero-order chi connectivity index (χ0) is 2.71. The molecule has 0 aliphatic rings. The van der Waals surface area contributed by atoms with Crippen LogP contribution in [-0.2, 0) is 0 Å². The molecular weight excluding hydrogens is 45.0 g/mol. The van der Waals surface area contributed by atoms with Crippen LogP contribution in [0.4, 0.5) is 0 Å². The number of nitrogens with one attached hydrogen (secondary N) is 1. The van der Waals surface area contributed by atoms with Crippen LogP contribution >= 0.6 is 0 Å². The second-order valence-electron chi connectivity index (χ2n) is 0.204. The fourth-order valence-corrected chi connectivity index (χ4v) is 0. The van der Waals surface area contributed by atoms with Gasteiger partial charge in [0.05, 0.1) is 0 Å². The molecular formula is C2H4LiN. The van der Waals surface area contributed by atoms with E-state index in [-0.39, 0.29) is 18.9 Å². The first-order valence-corrected chi connectivity index (χ1v) is 0.697. The molecule has 0 saturated heterocycles. The minimum absolute atomic E-state index is 0. The van der Waals surface area contributed by atoms with Gasteiger partial charge in [-0.05, 0) is 0 Å². The number of hydrogen-bond acceptors (Lipinski definition) is 0. The van der Waals surface area contributed by atoms with E-state index in [4.69, 9.17) is 5.73 Å². The van der Waals surface area contributed by atoms with Gasteiger partial charge >= 0.3 is 18.9 Å². The number of rotatable bonds is 0. The van der Waals surface area contributed by atoms with E-state index >= 15 is 0 Å². The third-order valence-corrected chi connectivity index (χ3v) is 0. The molecule has 0 aromatic heterocycles. The second-order valence-corrected chi connectivity index (χ2v) is 0.204. The summed E-state index contributed by atoms with van der Waals surface area (Å²) in [5.74, 6) is 0. The van der Waals surface area contributed by atoms with Gasteiger partial charge in [0.1, 0.15) is 0 Å². The van der Waals surface area contributed by atoms with Gasteiger partial charge in [0.25, 0.3) is 0 Å². The molecule has 0 aliphatic carbocycles. The third-order valence-electron chi connectivity index (χ3n) is 0. The predicted octanol–water partition coefficient (Wildman–Crippen LogP) is -1.81. The van der Waals surface area contributed by atoms with Crippen molar-refractivity contribution in [2.24, 2.45) is 0 Å². The largest absolute Gasteiger partial charge is 1.00 e. The maximum absolute atomic E-state index is 5.97. The van der Waals surface area contributed by atoms with Crippen LogP contribution in [0.2, 0.25) is 0 Å². The van der Waals surface area contributed by atoms with Crippen LogP contribution in [0.1, 0.15) is 0 Å². The summed E-state index contributed by atoms with van der Waals surface area (Å²) in [6, 6.07) is 0. The molecule has 0 aromatic carbocycles. The summed E-state index contributed by atoms with van der Waals surface area (Å²) in [6.45, 7) is 3.03. The van der Waals surface area contributed by atoms with Gasteiger partial charge in [0.15, 0.2) is 0 Å². The Morgan fingerprint density at radius 1 is 1.75 bits per heavy atom. The van der Waals surface area contributed by atoms with E-state index in [0.29, 0.717) is 0 Å². The minimum atomic E-state index is 0. The summed E-state index contributed by atoms with van der Waals surface area (Å²) in [5, 5.41) is 0. The Labute approximate surface area is 38.1 Å². The van der Waals surface area contributed by atoms with Gasteiger partial charge in [-0.1, -0.05) is 0 Å². The fourth-order valence-electron chi connectivity index (χ4n) is 0. The summed E-state index contributed by atoms with van der Waals surface area (Å²) < 4.78 is 0. The quantitative estimate of drug-likeness (QED) is 0.288. The van der Waals surface area contributed by atoms with Gasteiger partial charge in [0.2, 0.25) is 0 Å². The first kappa shape index (κ1) is 8.91. The van der Waals surface area contributed by atoms with Crippen LogP contribution in [-0.4, -0.2) is 0 Å². The second kappa shape index (κ2) is 11.1. The average Bonchev–Trinajstić information content (AvgIpc) is 0.918. The maximum atomic E-state index is 5.97. The first-order chi connectivity index (χ1) is 1.41. The number of hydrogen-bond donors (Lipinski definition) is 0. The molecule has 18 valence electrons. The van der Waals surface area contributed by atoms with Crippen LogP contribution in [0.25, 0.3) is 5.73 Å². The van der Waals surface area contributed by atoms with Crippen molar-refractivity contribution >= 4 is 0 Å². The zero-order valence-corrected chi connectivity index (χ0v) is 2.78. The molecule has 0 fully saturated rings. The molecule has 1 nitrogen and oxygen atoms in total. The predicted molar refractivity (Wildman–Crippen MR) is 14.5 cm³/mol. The molecule has 0 saturated carbocycles. The van der Waals surface area contributed by atoms with E-state index in [1.807, 2.05) is 0 Å². The van der Waals surface area contributed by atoms with E-state index in [1.54, 1.807) is 0 Å². The topological polar surface area (TPSA) is 23.8 Å². The monoisotopic (exact) mass is 49.1 g/mol. The van der Waals surface area contributed by atoms with E-state index in [0.717, 1.165) is 6.20 Å². The smallest absolute Gasteiger partial charge is 0.705 e. The van der Waals surface area contributed by atoms with E-state index in [1.165, 1.54) is 0 Å². The molecule has 0 radical (unpaired) electrons. The molecule has 0 aliphatic heterocycles. The van der Waals surface area contributed by atoms with E-state index < -0.39 is 0 Å². The van der Waals surface area contributed by atoms with Crippen molar-refractivity contribution in [2.45, 2.75) is 0 Å². The van der Waals surface area contributed by atoms with Crippen molar-refractivity contribution in [1.29, 1.82) is 0 Å². The zero-order valence-electron chi connectivity index (χ0n) is 2.78. The van der Waals surface area contributed by atoms with Crippen molar-refractivity contribution in [3.05, 3.63) is 18.5 Å². The standard InChI is InChI=1S/C2H4N.Li/c1-2-3;/h2-3H,1H2;/q-1;+1. The van der Waals surface area contributed by atoms with Gasteiger partial charge in [-0.3, -0.25) is 0 Å². The summed E-state index contributed by atoms with van der Waals surface area (Å²) in [7, 11) is 0. The van der Waals surface area contributed by atoms with E-state index in [2.05, 4.69) is 6.58 Å². The van der Waals surface area contributed by atoms with Gasteiger partial charge in [-0.15, -0.1) is 6.58 Å². The molecule has 0 bridgehead atoms. The Hall–Kier alpha value is 0.137. The summed E-state index contributed by atoms with van der Waals surface area (Å²) >= 11 is 0. The molecule has 0 aromatic rings. The summed E-state index contributed by atoms with van der Waals surface area (Å²) in [4.78, 5) is 0. The minimum Gasteiger partial charge on any atom is -0.705 e. The molecule has 0 amide bonds. The molecule has 1 N–H and O–H groups in total. The normalized spacial score (nSPS) is 3.00. The van der Waals surface area contributed by atoms with Gasteiger partial charge in [-0.25, -0.2) is 0 Å². The first-order valence-electron chi connectivity index (χ1n) is 0.697. The Kier molecular flexibility index (Phi) is 24.7. The Morgan fingerprint density at radius 2 is 1.75 bits per heavy atom. The average molecular weight is 49.0 g/mol. The van der Waals surface area contributed by atoms with Crippen LogP contribution in [0, 0.1) is 0 Å². The van der Waals surface area contributed by atoms with Crippen molar-refractivity contribution in [1.82, 2.24) is 0 Å². The van der Waals surface area contributed by atoms with Crippen molar-refractivity contribution < 1.29 is 18.9 Å². The third kappa shape index (κ3) is 146. The van der Waals surface area contributed by atoms with Gasteiger partial charge in [-0.2, -0.15) is 6.20 Å². The van der Waals surface area contributed by atoms with Crippen molar-refractivity contribution in [2.75, 3.05) is 0 Å². The molecule has 2 heteroatoms. The van der Waals surface area contributed by atoms with Crippen LogP contribution < -0.4 is 18.9 Å². The van der Waals surface area contributed by atoms with Crippen LogP contribution in [0.3, 0.4) is 0 Å². The van der Waals surface area contributed by atoms with E-state index in [9.17, 15) is 0 Å². The Balaban J connectivity index is 0. The Morgan fingerprint density at radius 3 is 1.75 bits per heavy atom. The van der Waals surface area contributed by atoms with Gasteiger partial charge < -0.3 is 5.73 Å². The van der Waals surface area contributed by atoms with Crippen LogP contribution in [0.15, 0.2) is 12.8 Å². The summed E-state index contributed by atoms with van der Waals surface area (Å²) in [5.41, 5.74) is 5.97. The molecule has 0 atom stereocenters. The summed E-state index contributed by atoms with van der Waals surface area (Å²) in [6.07, 6.45) is 1.00. The molecule has 0 unspecified atom stereocenters. The Bertz CT molecular complexity index is 13.5. The fraction of sp³-hybridized carbons (Fsp3) is 0. The van der Waals surface area contributed by atoms with Crippen molar-refractivity contribution in [3.63, 3.8) is 0 Å². The maximum Gasteiger partial charge on any atom is 1.00 e. The molecule has 0 spiro atoms. The van der Waals surface area contributed by atoms with Crippen molar-refractivity contribution in [3.8, 4) is 0 Å². The molecule has 4 heavy (non-hydrogen) atoms. The SMILES string of the molecule is C=C[NH-].[Li+]. The van der Waals surface area contributed by atoms with Gasteiger partial charge in [0, 0.05) is 0 Å². The molecule has 0 rings (SSSR count). The molecule has 0 heterocycles.